The number of nitrogens with zero attached hydrogens (tertiary/aromatic N) is 3. The van der Waals surface area contributed by atoms with Crippen LogP contribution in [0.15, 0.2) is 15.4 Å². The second-order valence-corrected chi connectivity index (χ2v) is 3.60. The van der Waals surface area contributed by atoms with Gasteiger partial charge in [-0.15, -0.1) is 5.10 Å². The van der Waals surface area contributed by atoms with Crippen LogP contribution in [-0.4, -0.2) is 11.8 Å². The largest absolute Gasteiger partial charge is 0.165 e. The predicted molar refractivity (Wildman–Crippen MR) is 50.4 cm³/mol. The molecule has 0 N–H and O–H groups in total. The van der Waals surface area contributed by atoms with Crippen molar-refractivity contribution >= 4 is 5.71 Å². The molecular weight excluding hydrogens is 150 g/mol. The van der Waals surface area contributed by atoms with Gasteiger partial charge in [-0.2, -0.15) is 5.11 Å². The van der Waals surface area contributed by atoms with Crippen LogP contribution in [0.3, 0.4) is 0 Å². The fourth-order valence-electron chi connectivity index (χ4n) is 1.32. The summed E-state index contributed by atoms with van der Waals surface area (Å²) in [5.41, 5.74) is 1.20. The Morgan fingerprint density at radius 1 is 1.50 bits per heavy atom. The van der Waals surface area contributed by atoms with Crippen molar-refractivity contribution in [2.45, 2.75) is 46.1 Å². The molecule has 0 aromatic rings. The Bertz CT molecular complexity index is 194. The van der Waals surface area contributed by atoms with Gasteiger partial charge in [0.15, 0.2) is 0 Å². The van der Waals surface area contributed by atoms with Gasteiger partial charge in [0.1, 0.15) is 0 Å². The van der Waals surface area contributed by atoms with Crippen molar-refractivity contribution in [3.63, 3.8) is 0 Å². The Kier molecular flexibility index (Phi) is 3.38. The van der Waals surface area contributed by atoms with Crippen molar-refractivity contribution in [3.8, 4) is 0 Å². The molecule has 1 rings (SSSR count). The highest BCUT2D eigenvalue weighted by Crippen LogP contribution is 2.16. The molecule has 0 aromatic heterocycles. The minimum atomic E-state index is 0.393. The topological polar surface area (TPSA) is 37.1 Å². The molecule has 1 aliphatic heterocycles. The third kappa shape index (κ3) is 2.40. The van der Waals surface area contributed by atoms with E-state index in [4.69, 9.17) is 0 Å². The van der Waals surface area contributed by atoms with Crippen molar-refractivity contribution in [1.82, 2.24) is 0 Å². The highest BCUT2D eigenvalue weighted by molar-refractivity contribution is 5.86. The Morgan fingerprint density at radius 2 is 2.25 bits per heavy atom. The summed E-state index contributed by atoms with van der Waals surface area (Å²) in [6.45, 7) is 6.49. The molecule has 0 spiro atoms. The van der Waals surface area contributed by atoms with E-state index < -0.39 is 0 Å². The van der Waals surface area contributed by atoms with E-state index in [9.17, 15) is 0 Å². The number of rotatable bonds is 3. The summed E-state index contributed by atoms with van der Waals surface area (Å²) < 4.78 is 0. The minimum absolute atomic E-state index is 0.393. The fourth-order valence-corrected chi connectivity index (χ4v) is 1.32. The molecule has 0 fully saturated rings. The molecule has 12 heavy (non-hydrogen) atoms. The first-order valence-electron chi connectivity index (χ1n) is 4.70. The Labute approximate surface area is 74.0 Å². The zero-order chi connectivity index (χ0) is 8.97. The molecule has 0 radical (unpaired) electrons. The molecule has 68 valence electrons. The van der Waals surface area contributed by atoms with E-state index in [1.54, 1.807) is 0 Å². The van der Waals surface area contributed by atoms with Gasteiger partial charge in [0.25, 0.3) is 0 Å². The van der Waals surface area contributed by atoms with Crippen LogP contribution in [-0.2, 0) is 0 Å². The molecule has 1 unspecified atom stereocenters. The maximum Gasteiger partial charge on any atom is 0.0783 e. The molecule has 3 heteroatoms. The number of hydrogen-bond donors (Lipinski definition) is 0. The lowest BCUT2D eigenvalue weighted by atomic mass is 9.98. The highest BCUT2D eigenvalue weighted by Gasteiger charge is 2.16. The quantitative estimate of drug-likeness (QED) is 0.619. The summed E-state index contributed by atoms with van der Waals surface area (Å²) >= 11 is 0. The van der Waals surface area contributed by atoms with E-state index in [0.29, 0.717) is 12.0 Å². The van der Waals surface area contributed by atoms with Crippen LogP contribution >= 0.6 is 0 Å². The first-order chi connectivity index (χ1) is 5.74. The molecule has 0 saturated carbocycles. The average Bonchev–Trinajstić information content (AvgIpc) is 2.05. The van der Waals surface area contributed by atoms with Gasteiger partial charge >= 0.3 is 0 Å². The minimum Gasteiger partial charge on any atom is -0.165 e. The smallest absolute Gasteiger partial charge is 0.0783 e. The van der Waals surface area contributed by atoms with Crippen molar-refractivity contribution in [2.75, 3.05) is 0 Å². The molecule has 3 nitrogen and oxygen atoms in total. The molecule has 0 saturated heterocycles. The number of hydrogen-bond acceptors (Lipinski definition) is 3. The molecule has 1 heterocycles. The molecule has 0 amide bonds. The first kappa shape index (κ1) is 9.36. The van der Waals surface area contributed by atoms with Crippen molar-refractivity contribution in [3.05, 3.63) is 0 Å². The standard InChI is InChI=1S/C9H17N3/c1-4-5-8-6-9(7(2)3)11-12-10-8/h7-8H,4-6H2,1-3H3. The molecule has 0 bridgehead atoms. The van der Waals surface area contributed by atoms with Crippen LogP contribution < -0.4 is 0 Å². The van der Waals surface area contributed by atoms with E-state index in [2.05, 4.69) is 36.2 Å². The lowest BCUT2D eigenvalue weighted by molar-refractivity contribution is 0.562. The summed E-state index contributed by atoms with van der Waals surface area (Å²) in [6.07, 6.45) is 3.32. The van der Waals surface area contributed by atoms with Gasteiger partial charge in [-0.3, -0.25) is 0 Å². The van der Waals surface area contributed by atoms with Crippen molar-refractivity contribution in [1.29, 1.82) is 0 Å². The maximum atomic E-state index is 4.09. The summed E-state index contributed by atoms with van der Waals surface area (Å²) in [4.78, 5) is 0. The predicted octanol–water partition coefficient (Wildman–Crippen LogP) is 3.02. The van der Waals surface area contributed by atoms with Gasteiger partial charge in [0, 0.05) is 12.1 Å². The van der Waals surface area contributed by atoms with Crippen LogP contribution in [0.2, 0.25) is 0 Å². The van der Waals surface area contributed by atoms with Gasteiger partial charge < -0.3 is 0 Å². The monoisotopic (exact) mass is 167 g/mol. The van der Waals surface area contributed by atoms with E-state index in [-0.39, 0.29) is 0 Å². The SMILES string of the molecule is CCCC1CC(C(C)C)=NN=N1. The van der Waals surface area contributed by atoms with Crippen LogP contribution in [0.25, 0.3) is 0 Å². The Hall–Kier alpha value is -0.730. The van der Waals surface area contributed by atoms with Gasteiger partial charge in [0.2, 0.25) is 0 Å². The van der Waals surface area contributed by atoms with Gasteiger partial charge in [0.05, 0.1) is 6.04 Å². The maximum absolute atomic E-state index is 4.09. The van der Waals surface area contributed by atoms with E-state index in [1.165, 1.54) is 12.1 Å². The van der Waals surface area contributed by atoms with Crippen LogP contribution in [0.5, 0.6) is 0 Å². The molecule has 1 aliphatic rings. The van der Waals surface area contributed by atoms with Crippen LogP contribution in [0.1, 0.15) is 40.0 Å². The molecule has 0 aromatic carbocycles. The average molecular weight is 167 g/mol. The lowest BCUT2D eigenvalue weighted by Crippen LogP contribution is -2.18. The van der Waals surface area contributed by atoms with E-state index >= 15 is 0 Å². The van der Waals surface area contributed by atoms with Crippen LogP contribution in [0.4, 0.5) is 0 Å². The first-order valence-corrected chi connectivity index (χ1v) is 4.70. The third-order valence-electron chi connectivity index (χ3n) is 2.12. The Morgan fingerprint density at radius 3 is 2.83 bits per heavy atom. The zero-order valence-corrected chi connectivity index (χ0v) is 8.12. The zero-order valence-electron chi connectivity index (χ0n) is 8.12. The summed E-state index contributed by atoms with van der Waals surface area (Å²) in [6, 6.07) is 0.393. The van der Waals surface area contributed by atoms with Gasteiger partial charge in [-0.25, -0.2) is 0 Å². The molecular formula is C9H17N3. The second kappa shape index (κ2) is 4.33. The second-order valence-electron chi connectivity index (χ2n) is 3.60. The van der Waals surface area contributed by atoms with Gasteiger partial charge in [-0.1, -0.05) is 27.2 Å². The van der Waals surface area contributed by atoms with Gasteiger partial charge in [-0.05, 0) is 17.6 Å². The normalized spacial score (nSPS) is 23.0. The summed E-state index contributed by atoms with van der Waals surface area (Å²) in [7, 11) is 0. The highest BCUT2D eigenvalue weighted by atomic mass is 15.4. The summed E-state index contributed by atoms with van der Waals surface area (Å²) in [5, 5.41) is 11.9. The lowest BCUT2D eigenvalue weighted by Gasteiger charge is -2.16. The van der Waals surface area contributed by atoms with Crippen molar-refractivity contribution in [2.24, 2.45) is 21.4 Å². The van der Waals surface area contributed by atoms with E-state index in [1.807, 2.05) is 0 Å². The molecule has 0 aliphatic carbocycles. The van der Waals surface area contributed by atoms with Crippen molar-refractivity contribution < 1.29 is 0 Å². The fraction of sp³-hybridized carbons (Fsp3) is 0.889. The Balaban J connectivity index is 2.49. The summed E-state index contributed by atoms with van der Waals surface area (Å²) in [5.74, 6) is 0.517. The molecule has 1 atom stereocenters. The van der Waals surface area contributed by atoms with Crippen LogP contribution in [0, 0.1) is 5.92 Å². The van der Waals surface area contributed by atoms with E-state index in [0.717, 1.165) is 12.8 Å². The third-order valence-corrected chi connectivity index (χ3v) is 2.12.